The van der Waals surface area contributed by atoms with Crippen LogP contribution in [0.1, 0.15) is 131 Å². The zero-order valence-corrected chi connectivity index (χ0v) is 36.5. The fourth-order valence-corrected chi connectivity index (χ4v) is 7.63. The number of methoxy groups -OCH3 is 1. The zero-order valence-electron chi connectivity index (χ0n) is 33.9. The summed E-state index contributed by atoms with van der Waals surface area (Å²) in [6.45, 7) is 24.8. The second kappa shape index (κ2) is 19.2. The first-order valence-electron chi connectivity index (χ1n) is 19.2. The van der Waals surface area contributed by atoms with Crippen molar-refractivity contribution in [2.24, 2.45) is 0 Å². The van der Waals surface area contributed by atoms with Crippen LogP contribution < -0.4 is 24.2 Å². The van der Waals surface area contributed by atoms with Gasteiger partial charge in [0.05, 0.1) is 0 Å². The van der Waals surface area contributed by atoms with Crippen LogP contribution in [0.15, 0.2) is 78.9 Å². The number of hydrogen-bond acceptors (Lipinski definition) is 6. The van der Waals surface area contributed by atoms with Crippen LogP contribution in [0.25, 0.3) is 0 Å². The van der Waals surface area contributed by atoms with Crippen LogP contribution in [0.4, 0.5) is 17.1 Å². The molecule has 0 saturated carbocycles. The summed E-state index contributed by atoms with van der Waals surface area (Å²) in [5, 5.41) is 0. The SMILES string of the molecule is CC(C)c1cccc(C(C)C)c1N1[CH-]N(c2c(C(C)C)cccc2C(C)C)CC1.CCC1Oc2c([CH]=[Ru+])cccc2N(C(=O)c2ccc(OC)cc2)C1=O.Cl. The van der Waals surface area contributed by atoms with E-state index in [0.29, 0.717) is 52.8 Å². The van der Waals surface area contributed by atoms with Crippen molar-refractivity contribution in [3.8, 4) is 11.5 Å². The Morgan fingerprint density at radius 1 is 0.782 bits per heavy atom. The number of nitrogens with zero attached hydrogens (tertiary/aromatic N) is 3. The van der Waals surface area contributed by atoms with Gasteiger partial charge in [0.25, 0.3) is 0 Å². The van der Waals surface area contributed by atoms with Crippen LogP contribution in [-0.2, 0) is 22.6 Å². The molecule has 0 aromatic heterocycles. The molecule has 295 valence electrons. The van der Waals surface area contributed by atoms with Crippen molar-refractivity contribution in [1.82, 2.24) is 0 Å². The van der Waals surface area contributed by atoms with Gasteiger partial charge in [-0.15, -0.1) is 12.4 Å². The summed E-state index contributed by atoms with van der Waals surface area (Å²) in [6, 6.07) is 25.8. The van der Waals surface area contributed by atoms with Gasteiger partial charge in [0.2, 0.25) is 0 Å². The van der Waals surface area contributed by atoms with E-state index >= 15 is 0 Å². The largest absolute Gasteiger partial charge is 0.147 e. The summed E-state index contributed by atoms with van der Waals surface area (Å²) in [5.74, 6) is 2.53. The summed E-state index contributed by atoms with van der Waals surface area (Å²) >= 11 is 2.42. The van der Waals surface area contributed by atoms with E-state index in [1.807, 2.05) is 17.6 Å². The van der Waals surface area contributed by atoms with Crippen LogP contribution >= 0.6 is 12.4 Å². The molecule has 2 amide bonds. The predicted octanol–water partition coefficient (Wildman–Crippen LogP) is 10.8. The molecule has 55 heavy (non-hydrogen) atoms. The molecule has 0 spiro atoms. The van der Waals surface area contributed by atoms with Crippen LogP contribution in [0, 0.1) is 6.67 Å². The fraction of sp³-hybridized carbons (Fsp3) is 0.391. The number of halogens is 1. The minimum absolute atomic E-state index is 0. The van der Waals surface area contributed by atoms with E-state index in [9.17, 15) is 9.59 Å². The number of rotatable bonds is 10. The molecular weight excluding hydrogens is 795 g/mol. The molecule has 0 bridgehead atoms. The number of hydrogen-bond donors (Lipinski definition) is 0. The molecule has 1 unspecified atom stereocenters. The first-order chi connectivity index (χ1) is 25.8. The molecule has 0 N–H and O–H groups in total. The molecule has 4 aromatic rings. The van der Waals surface area contributed by atoms with Gasteiger partial charge in [-0.3, -0.25) is 0 Å². The topological polar surface area (TPSA) is 62.3 Å². The number of carbonyl (C=O) groups excluding carboxylic acids is 2. The van der Waals surface area contributed by atoms with E-state index in [0.717, 1.165) is 18.7 Å². The summed E-state index contributed by atoms with van der Waals surface area (Å²) in [4.78, 5) is 32.1. The van der Waals surface area contributed by atoms with Crippen LogP contribution in [0.2, 0.25) is 0 Å². The fourth-order valence-electron chi connectivity index (χ4n) is 7.24. The minimum Gasteiger partial charge on any atom is -0.147 e. The van der Waals surface area contributed by atoms with Crippen LogP contribution in [0.5, 0.6) is 11.5 Å². The van der Waals surface area contributed by atoms with E-state index in [-0.39, 0.29) is 24.2 Å². The third kappa shape index (κ3) is 9.35. The number of imide groups is 1. The number of ether oxygens (including phenoxy) is 2. The molecule has 4 aromatic carbocycles. The van der Waals surface area contributed by atoms with Crippen molar-refractivity contribution in [1.29, 1.82) is 0 Å². The monoisotopic (exact) mass is 852 g/mol. The van der Waals surface area contributed by atoms with Crippen molar-refractivity contribution in [3.63, 3.8) is 0 Å². The maximum Gasteiger partial charge on any atom is -0.147 e. The third-order valence-electron chi connectivity index (χ3n) is 10.2. The predicted molar refractivity (Wildman–Crippen MR) is 227 cm³/mol. The Kier molecular flexibility index (Phi) is 15.3. The standard InChI is InChI=1S/C27H39N2.C19H17NO4.ClH.Ru/c1-18(2)22-11-9-12-23(19(3)4)26(22)28-15-16-29(17-28)27-24(20(5)6)13-10-14-25(27)21(7)8;1-4-16-19(22)20(15-7-5-6-12(2)17(15)24-16)18(21)13-8-10-14(23-3)11-9-13;;/h9-14,17-21H,15-16H2,1-8H3;2,5-11,16H,4H2,1,3H3;1H;/q-1;;;+1. The first-order valence-corrected chi connectivity index (χ1v) is 20.2. The maximum atomic E-state index is 13.0. The van der Waals surface area contributed by atoms with Gasteiger partial charge in [-0.2, -0.15) is 6.67 Å². The molecule has 1 fully saturated rings. The van der Waals surface area contributed by atoms with Gasteiger partial charge in [-0.05, 0) is 45.9 Å². The van der Waals surface area contributed by atoms with Gasteiger partial charge in [-0.1, -0.05) is 91.8 Å². The van der Waals surface area contributed by atoms with Gasteiger partial charge >= 0.3 is 156 Å². The Morgan fingerprint density at radius 2 is 1.24 bits per heavy atom. The molecule has 0 radical (unpaired) electrons. The second-order valence-corrected chi connectivity index (χ2v) is 15.7. The molecule has 6 rings (SSSR count). The summed E-state index contributed by atoms with van der Waals surface area (Å²) < 4.78 is 12.8. The number of amides is 2. The van der Waals surface area contributed by atoms with Crippen molar-refractivity contribution in [3.05, 3.63) is 119 Å². The molecule has 2 heterocycles. The number of benzene rings is 4. The number of anilines is 3. The Balaban J connectivity index is 0.000000243. The molecule has 1 atom stereocenters. The maximum absolute atomic E-state index is 13.0. The van der Waals surface area contributed by atoms with E-state index in [1.54, 1.807) is 43.5 Å². The average Bonchev–Trinajstić information content (AvgIpc) is 3.66. The normalized spacial score (nSPS) is 15.1. The second-order valence-electron chi connectivity index (χ2n) is 15.2. The quantitative estimate of drug-likeness (QED) is 0.0900. The van der Waals surface area contributed by atoms with Crippen LogP contribution in [0.3, 0.4) is 0 Å². The average molecular weight is 853 g/mol. The summed E-state index contributed by atoms with van der Waals surface area (Å²) in [6.07, 6.45) is -0.195. The number of carbonyl (C=O) groups is 2. The van der Waals surface area contributed by atoms with Crippen LogP contribution in [-0.4, -0.2) is 42.7 Å². The molecule has 2 aliphatic heterocycles. The van der Waals surface area contributed by atoms with Gasteiger partial charge in [0, 0.05) is 24.5 Å². The molecule has 9 heteroatoms. The summed E-state index contributed by atoms with van der Waals surface area (Å²) in [7, 11) is 1.56. The van der Waals surface area contributed by atoms with Gasteiger partial charge in [0.1, 0.15) is 0 Å². The minimum atomic E-state index is -0.678. The van der Waals surface area contributed by atoms with E-state index in [1.165, 1.54) is 38.5 Å². The van der Waals surface area contributed by atoms with E-state index in [4.69, 9.17) is 9.47 Å². The third-order valence-corrected chi connectivity index (χ3v) is 10.7. The van der Waals surface area contributed by atoms with Crippen molar-refractivity contribution in [2.75, 3.05) is 34.9 Å². The summed E-state index contributed by atoms with van der Waals surface area (Å²) in [5.41, 5.74) is 10.4. The first kappa shape index (κ1) is 43.7. The number of fused-ring (bicyclic) bond motifs is 1. The molecule has 2 aliphatic rings. The molecule has 7 nitrogen and oxygen atoms in total. The van der Waals surface area contributed by atoms with Gasteiger partial charge in [0.15, 0.2) is 0 Å². The number of para-hydroxylation sites is 3. The molecule has 0 aliphatic carbocycles. The van der Waals surface area contributed by atoms with E-state index in [2.05, 4.69) is 126 Å². The van der Waals surface area contributed by atoms with Gasteiger partial charge < -0.3 is 9.80 Å². The molecular formula is C46H57ClN3O4Ru. The van der Waals surface area contributed by atoms with Crippen molar-refractivity contribution < 1.29 is 36.9 Å². The Bertz CT molecular complexity index is 1840. The Morgan fingerprint density at radius 3 is 1.64 bits per heavy atom. The van der Waals surface area contributed by atoms with Crippen molar-refractivity contribution >= 4 is 45.9 Å². The van der Waals surface area contributed by atoms with E-state index < -0.39 is 6.10 Å². The van der Waals surface area contributed by atoms with Crippen molar-refractivity contribution in [2.45, 2.75) is 98.5 Å². The Labute approximate surface area is 345 Å². The molecule has 1 saturated heterocycles. The smallest absolute Gasteiger partial charge is 0.147 e. The Hall–Kier alpha value is -4.00. The zero-order chi connectivity index (χ0) is 39.3. The van der Waals surface area contributed by atoms with Gasteiger partial charge in [-0.25, -0.2) is 0 Å².